The maximum Gasteiger partial charge on any atom is 0.362 e. The van der Waals surface area contributed by atoms with Gasteiger partial charge in [-0.1, -0.05) is 35.9 Å². The summed E-state index contributed by atoms with van der Waals surface area (Å²) in [7, 11) is 1.41. The molecule has 1 N–H and O–H groups in total. The maximum atomic E-state index is 12.2. The third-order valence-corrected chi connectivity index (χ3v) is 3.29. The van der Waals surface area contributed by atoms with Crippen molar-refractivity contribution in [1.29, 1.82) is 0 Å². The molecule has 0 heterocycles. The molecule has 0 atom stereocenters. The Hall–Kier alpha value is -2.53. The van der Waals surface area contributed by atoms with Crippen LogP contribution in [0, 0.1) is 6.92 Å². The van der Waals surface area contributed by atoms with Crippen molar-refractivity contribution >= 4 is 23.5 Å². The first-order chi connectivity index (χ1) is 10.5. The van der Waals surface area contributed by atoms with E-state index >= 15 is 0 Å². The van der Waals surface area contributed by atoms with Crippen LogP contribution < -0.4 is 10.2 Å². The highest BCUT2D eigenvalue weighted by Gasteiger charge is 2.19. The zero-order valence-corrected chi connectivity index (χ0v) is 12.8. The second kappa shape index (κ2) is 6.95. The highest BCUT2D eigenvalue weighted by molar-refractivity contribution is 6.32. The highest BCUT2D eigenvalue weighted by Crippen LogP contribution is 2.30. The van der Waals surface area contributed by atoms with Crippen LogP contribution in [0.15, 0.2) is 42.5 Å². The summed E-state index contributed by atoms with van der Waals surface area (Å²) in [4.78, 5) is 28.8. The largest absolute Gasteiger partial charge is 0.494 e. The van der Waals surface area contributed by atoms with Crippen LogP contribution in [0.2, 0.25) is 5.02 Å². The number of nitrogens with one attached hydrogen (secondary N) is 1. The molecule has 0 spiro atoms. The third kappa shape index (κ3) is 3.38. The number of methoxy groups -OCH3 is 1. The van der Waals surface area contributed by atoms with E-state index in [4.69, 9.17) is 21.2 Å². The Morgan fingerprint density at radius 3 is 2.41 bits per heavy atom. The topological polar surface area (TPSA) is 64.6 Å². The molecule has 22 heavy (non-hydrogen) atoms. The van der Waals surface area contributed by atoms with Gasteiger partial charge in [-0.2, -0.15) is 5.48 Å². The average Bonchev–Trinajstić information content (AvgIpc) is 2.54. The van der Waals surface area contributed by atoms with Crippen LogP contribution in [0.5, 0.6) is 5.75 Å². The number of hydrogen-bond donors (Lipinski definition) is 1. The Labute approximate surface area is 132 Å². The van der Waals surface area contributed by atoms with E-state index in [1.54, 1.807) is 49.4 Å². The zero-order valence-electron chi connectivity index (χ0n) is 12.1. The smallest absolute Gasteiger partial charge is 0.362 e. The Balaban J connectivity index is 2.14. The van der Waals surface area contributed by atoms with Crippen LogP contribution in [-0.2, 0) is 4.84 Å². The fraction of sp³-hybridized carbons (Fsp3) is 0.125. The normalized spacial score (nSPS) is 9.95. The molecule has 0 fully saturated rings. The molecule has 114 valence electrons. The van der Waals surface area contributed by atoms with Gasteiger partial charge < -0.3 is 9.57 Å². The van der Waals surface area contributed by atoms with Gasteiger partial charge in [0.05, 0.1) is 23.3 Å². The minimum atomic E-state index is -0.660. The highest BCUT2D eigenvalue weighted by atomic mass is 35.5. The fourth-order valence-corrected chi connectivity index (χ4v) is 2.15. The van der Waals surface area contributed by atoms with Gasteiger partial charge in [0.2, 0.25) is 0 Å². The summed E-state index contributed by atoms with van der Waals surface area (Å²) in [5.74, 6) is -1.04. The molecule has 0 saturated carbocycles. The summed E-state index contributed by atoms with van der Waals surface area (Å²) < 4.78 is 5.14. The van der Waals surface area contributed by atoms with E-state index < -0.39 is 11.9 Å². The number of aryl methyl sites for hydroxylation is 1. The molecule has 2 aromatic rings. The molecule has 2 aromatic carbocycles. The van der Waals surface area contributed by atoms with Gasteiger partial charge >= 0.3 is 5.97 Å². The monoisotopic (exact) mass is 319 g/mol. The van der Waals surface area contributed by atoms with Gasteiger partial charge in [0, 0.05) is 0 Å². The lowest BCUT2D eigenvalue weighted by Gasteiger charge is -2.13. The van der Waals surface area contributed by atoms with Crippen molar-refractivity contribution in [3.8, 4) is 5.75 Å². The van der Waals surface area contributed by atoms with Gasteiger partial charge in [-0.3, -0.25) is 4.79 Å². The van der Waals surface area contributed by atoms with Gasteiger partial charge in [0.1, 0.15) is 0 Å². The average molecular weight is 320 g/mol. The van der Waals surface area contributed by atoms with Crippen molar-refractivity contribution < 1.29 is 19.2 Å². The molecule has 0 bridgehead atoms. The molecule has 0 saturated heterocycles. The number of hydroxylamine groups is 1. The van der Waals surface area contributed by atoms with Crippen molar-refractivity contribution in [3.05, 3.63) is 64.2 Å². The first-order valence-corrected chi connectivity index (χ1v) is 6.82. The Morgan fingerprint density at radius 1 is 1.09 bits per heavy atom. The number of carbonyl (C=O) groups is 2. The number of hydrogen-bond acceptors (Lipinski definition) is 4. The maximum absolute atomic E-state index is 12.2. The van der Waals surface area contributed by atoms with Gasteiger partial charge in [-0.15, -0.1) is 0 Å². The first kappa shape index (κ1) is 15.9. The van der Waals surface area contributed by atoms with Crippen molar-refractivity contribution in [2.75, 3.05) is 7.11 Å². The van der Waals surface area contributed by atoms with Crippen LogP contribution >= 0.6 is 11.6 Å². The standard InChI is InChI=1S/C16H14ClNO4/c1-10-8-9-12(17)14(21-2)13(10)15(19)18-22-16(20)11-6-4-3-5-7-11/h3-9H,1-2H3,(H,18,19). The summed E-state index contributed by atoms with van der Waals surface area (Å²) in [6.45, 7) is 1.73. The summed E-state index contributed by atoms with van der Waals surface area (Å²) in [6.07, 6.45) is 0. The van der Waals surface area contributed by atoms with E-state index in [9.17, 15) is 9.59 Å². The van der Waals surface area contributed by atoms with Crippen LogP contribution in [0.25, 0.3) is 0 Å². The van der Waals surface area contributed by atoms with Crippen LogP contribution in [0.1, 0.15) is 26.3 Å². The number of ether oxygens (including phenoxy) is 1. The lowest BCUT2D eigenvalue weighted by molar-refractivity contribution is 0.0228. The van der Waals surface area contributed by atoms with Gasteiger partial charge in [-0.05, 0) is 30.7 Å². The Bertz CT molecular complexity index is 701. The molecule has 0 aromatic heterocycles. The van der Waals surface area contributed by atoms with E-state index in [0.717, 1.165) is 0 Å². The number of halogens is 1. The SMILES string of the molecule is COc1c(Cl)ccc(C)c1C(=O)NOC(=O)c1ccccc1. The van der Waals surface area contributed by atoms with Crippen molar-refractivity contribution in [1.82, 2.24) is 5.48 Å². The second-order valence-corrected chi connectivity index (χ2v) is 4.87. The van der Waals surface area contributed by atoms with Crippen LogP contribution in [-0.4, -0.2) is 19.0 Å². The molecular weight excluding hydrogens is 306 g/mol. The van der Waals surface area contributed by atoms with E-state index in [0.29, 0.717) is 16.1 Å². The number of benzene rings is 2. The molecule has 0 aliphatic heterocycles. The molecule has 0 aliphatic rings. The van der Waals surface area contributed by atoms with E-state index in [-0.39, 0.29) is 11.3 Å². The molecule has 0 aliphatic carbocycles. The summed E-state index contributed by atoms with van der Waals surface area (Å²) in [6, 6.07) is 11.6. The minimum Gasteiger partial charge on any atom is -0.494 e. The molecule has 0 unspecified atom stereocenters. The third-order valence-electron chi connectivity index (χ3n) is 3.00. The Kier molecular flexibility index (Phi) is 5.01. The Morgan fingerprint density at radius 2 is 1.77 bits per heavy atom. The number of amides is 1. The van der Waals surface area contributed by atoms with E-state index in [1.165, 1.54) is 7.11 Å². The van der Waals surface area contributed by atoms with Crippen LogP contribution in [0.4, 0.5) is 0 Å². The molecule has 2 rings (SSSR count). The lowest BCUT2D eigenvalue weighted by Crippen LogP contribution is -2.28. The van der Waals surface area contributed by atoms with E-state index in [1.807, 2.05) is 0 Å². The molecule has 0 radical (unpaired) electrons. The number of rotatable bonds is 3. The molecular formula is C16H14ClNO4. The predicted octanol–water partition coefficient (Wildman–Crippen LogP) is 3.16. The molecule has 6 heteroatoms. The minimum absolute atomic E-state index is 0.218. The second-order valence-electron chi connectivity index (χ2n) is 4.46. The lowest BCUT2D eigenvalue weighted by atomic mass is 10.1. The quantitative estimate of drug-likeness (QED) is 0.883. The van der Waals surface area contributed by atoms with Gasteiger partial charge in [0.15, 0.2) is 5.75 Å². The predicted molar refractivity (Wildman–Crippen MR) is 82.1 cm³/mol. The number of carbonyl (C=O) groups excluding carboxylic acids is 2. The molecule has 1 amide bonds. The van der Waals surface area contributed by atoms with Gasteiger partial charge in [-0.25, -0.2) is 4.79 Å². The summed E-state index contributed by atoms with van der Waals surface area (Å²) in [5.41, 5.74) is 3.31. The molecule has 5 nitrogen and oxygen atoms in total. The van der Waals surface area contributed by atoms with Gasteiger partial charge in [0.25, 0.3) is 5.91 Å². The zero-order chi connectivity index (χ0) is 16.1. The first-order valence-electron chi connectivity index (χ1n) is 6.44. The van der Waals surface area contributed by atoms with Crippen molar-refractivity contribution in [3.63, 3.8) is 0 Å². The van der Waals surface area contributed by atoms with Crippen molar-refractivity contribution in [2.45, 2.75) is 6.92 Å². The summed E-state index contributed by atoms with van der Waals surface area (Å²) >= 11 is 5.99. The fourth-order valence-electron chi connectivity index (χ4n) is 1.91. The van der Waals surface area contributed by atoms with Crippen molar-refractivity contribution in [2.24, 2.45) is 0 Å². The summed E-state index contributed by atoms with van der Waals surface area (Å²) in [5, 5.41) is 0.299. The van der Waals surface area contributed by atoms with Crippen LogP contribution in [0.3, 0.4) is 0 Å². The van der Waals surface area contributed by atoms with E-state index in [2.05, 4.69) is 5.48 Å².